The predicted molar refractivity (Wildman–Crippen MR) is 55.0 cm³/mol. The van der Waals surface area contributed by atoms with E-state index in [0.29, 0.717) is 0 Å². The molecular formula is C9H11N3S. The van der Waals surface area contributed by atoms with Crippen LogP contribution in [0, 0.1) is 6.92 Å². The van der Waals surface area contributed by atoms with Gasteiger partial charge in [-0.05, 0) is 25.3 Å². The van der Waals surface area contributed by atoms with Crippen molar-refractivity contribution in [3.63, 3.8) is 0 Å². The molecule has 2 heterocycles. The summed E-state index contributed by atoms with van der Waals surface area (Å²) in [5.74, 6) is 0. The molecule has 0 fully saturated rings. The van der Waals surface area contributed by atoms with Crippen molar-refractivity contribution in [1.82, 2.24) is 14.5 Å². The van der Waals surface area contributed by atoms with Crippen LogP contribution in [-0.2, 0) is 7.05 Å². The SMILES string of the molecule is CSc1nc2ccc(C)nc2n1C. The van der Waals surface area contributed by atoms with Crippen LogP contribution in [0.15, 0.2) is 17.3 Å². The summed E-state index contributed by atoms with van der Waals surface area (Å²) in [5.41, 5.74) is 2.96. The van der Waals surface area contributed by atoms with Gasteiger partial charge in [0.25, 0.3) is 0 Å². The van der Waals surface area contributed by atoms with Gasteiger partial charge < -0.3 is 4.57 Å². The third-order valence-electron chi connectivity index (χ3n) is 2.00. The van der Waals surface area contributed by atoms with Gasteiger partial charge in [-0.3, -0.25) is 0 Å². The molecule has 2 aromatic heterocycles. The van der Waals surface area contributed by atoms with Gasteiger partial charge in [0.15, 0.2) is 10.8 Å². The Morgan fingerprint density at radius 2 is 2.08 bits per heavy atom. The van der Waals surface area contributed by atoms with E-state index in [-0.39, 0.29) is 0 Å². The van der Waals surface area contributed by atoms with Gasteiger partial charge in [-0.15, -0.1) is 0 Å². The van der Waals surface area contributed by atoms with E-state index in [1.165, 1.54) is 0 Å². The van der Waals surface area contributed by atoms with Gasteiger partial charge >= 0.3 is 0 Å². The van der Waals surface area contributed by atoms with Gasteiger partial charge in [-0.2, -0.15) is 0 Å². The third-order valence-corrected chi connectivity index (χ3v) is 2.73. The summed E-state index contributed by atoms with van der Waals surface area (Å²) >= 11 is 1.64. The molecule has 68 valence electrons. The monoisotopic (exact) mass is 193 g/mol. The number of thioether (sulfide) groups is 1. The fraction of sp³-hybridized carbons (Fsp3) is 0.333. The highest BCUT2D eigenvalue weighted by atomic mass is 32.2. The Balaban J connectivity index is 2.77. The summed E-state index contributed by atoms with van der Waals surface area (Å²) in [7, 11) is 1.99. The normalized spacial score (nSPS) is 11.0. The molecule has 0 atom stereocenters. The zero-order valence-electron chi connectivity index (χ0n) is 7.90. The zero-order valence-corrected chi connectivity index (χ0v) is 8.72. The number of aromatic nitrogens is 3. The Morgan fingerprint density at radius 1 is 1.31 bits per heavy atom. The van der Waals surface area contributed by atoms with E-state index in [2.05, 4.69) is 9.97 Å². The molecule has 2 aromatic rings. The van der Waals surface area contributed by atoms with Crippen LogP contribution in [0.1, 0.15) is 5.69 Å². The van der Waals surface area contributed by atoms with Crippen LogP contribution >= 0.6 is 11.8 Å². The van der Waals surface area contributed by atoms with Crippen LogP contribution in [0.2, 0.25) is 0 Å². The Kier molecular flexibility index (Phi) is 2.00. The molecule has 0 spiro atoms. The first-order chi connectivity index (χ1) is 6.22. The average Bonchev–Trinajstić information content (AvgIpc) is 2.44. The molecule has 0 aliphatic rings. The minimum Gasteiger partial charge on any atom is -0.307 e. The Labute approximate surface area is 81.2 Å². The van der Waals surface area contributed by atoms with Crippen molar-refractivity contribution in [2.24, 2.45) is 7.05 Å². The van der Waals surface area contributed by atoms with Crippen molar-refractivity contribution >= 4 is 22.9 Å². The number of fused-ring (bicyclic) bond motifs is 1. The lowest BCUT2D eigenvalue weighted by molar-refractivity contribution is 0.806. The second-order valence-corrected chi connectivity index (χ2v) is 3.73. The van der Waals surface area contributed by atoms with E-state index in [9.17, 15) is 0 Å². The van der Waals surface area contributed by atoms with Crippen molar-refractivity contribution in [3.8, 4) is 0 Å². The number of hydrogen-bond donors (Lipinski definition) is 0. The standard InChI is InChI=1S/C9H11N3S/c1-6-4-5-7-8(10-6)12(2)9(11-7)13-3/h4-5H,1-3H3. The quantitative estimate of drug-likeness (QED) is 0.649. The van der Waals surface area contributed by atoms with Crippen LogP contribution in [0.3, 0.4) is 0 Å². The second kappa shape index (κ2) is 3.03. The molecule has 3 nitrogen and oxygen atoms in total. The van der Waals surface area contributed by atoms with Gasteiger partial charge in [-0.25, -0.2) is 9.97 Å². The molecule has 0 aliphatic heterocycles. The Hall–Kier alpha value is -1.03. The number of aryl methyl sites for hydroxylation is 2. The largest absolute Gasteiger partial charge is 0.307 e. The molecule has 0 aromatic carbocycles. The molecule has 4 heteroatoms. The Bertz CT molecular complexity index is 447. The van der Waals surface area contributed by atoms with Gasteiger partial charge in [0.05, 0.1) is 0 Å². The lowest BCUT2D eigenvalue weighted by Gasteiger charge is -1.96. The lowest BCUT2D eigenvalue weighted by Crippen LogP contribution is -1.92. The number of nitrogens with zero attached hydrogens (tertiary/aromatic N) is 3. The fourth-order valence-corrected chi connectivity index (χ4v) is 1.87. The maximum Gasteiger partial charge on any atom is 0.169 e. The van der Waals surface area contributed by atoms with Gasteiger partial charge in [0, 0.05) is 12.7 Å². The summed E-state index contributed by atoms with van der Waals surface area (Å²) in [5, 5.41) is 1.01. The smallest absolute Gasteiger partial charge is 0.169 e. The third kappa shape index (κ3) is 1.31. The molecule has 2 rings (SSSR count). The number of pyridine rings is 1. The van der Waals surface area contributed by atoms with Crippen LogP contribution in [0.25, 0.3) is 11.2 Å². The second-order valence-electron chi connectivity index (χ2n) is 2.95. The van der Waals surface area contributed by atoms with Crippen molar-refractivity contribution in [1.29, 1.82) is 0 Å². The summed E-state index contributed by atoms with van der Waals surface area (Å²) in [6.45, 7) is 1.99. The van der Waals surface area contributed by atoms with Crippen molar-refractivity contribution in [3.05, 3.63) is 17.8 Å². The maximum absolute atomic E-state index is 4.44. The van der Waals surface area contributed by atoms with Crippen LogP contribution in [0.4, 0.5) is 0 Å². The summed E-state index contributed by atoms with van der Waals surface area (Å²) in [4.78, 5) is 8.87. The van der Waals surface area contributed by atoms with E-state index in [1.54, 1.807) is 11.8 Å². The van der Waals surface area contributed by atoms with Crippen molar-refractivity contribution in [2.75, 3.05) is 6.26 Å². The summed E-state index contributed by atoms with van der Waals surface area (Å²) < 4.78 is 2.02. The first-order valence-corrected chi connectivity index (χ1v) is 5.29. The number of imidazole rings is 1. The average molecular weight is 193 g/mol. The van der Waals surface area contributed by atoms with Gasteiger partial charge in [-0.1, -0.05) is 11.8 Å². The van der Waals surface area contributed by atoms with Crippen molar-refractivity contribution in [2.45, 2.75) is 12.1 Å². The van der Waals surface area contributed by atoms with E-state index in [4.69, 9.17) is 0 Å². The number of hydrogen-bond acceptors (Lipinski definition) is 3. The van der Waals surface area contributed by atoms with E-state index >= 15 is 0 Å². The molecule has 13 heavy (non-hydrogen) atoms. The summed E-state index contributed by atoms with van der Waals surface area (Å²) in [6.07, 6.45) is 2.02. The van der Waals surface area contributed by atoms with Gasteiger partial charge in [0.1, 0.15) is 5.52 Å². The minimum atomic E-state index is 0.962. The van der Waals surface area contributed by atoms with E-state index in [0.717, 1.165) is 22.0 Å². The molecule has 0 aliphatic carbocycles. The first-order valence-electron chi connectivity index (χ1n) is 4.06. The molecule has 0 amide bonds. The fourth-order valence-electron chi connectivity index (χ4n) is 1.32. The topological polar surface area (TPSA) is 30.7 Å². The highest BCUT2D eigenvalue weighted by Gasteiger charge is 2.06. The predicted octanol–water partition coefficient (Wildman–Crippen LogP) is 2.00. The Morgan fingerprint density at radius 3 is 2.77 bits per heavy atom. The zero-order chi connectivity index (χ0) is 9.42. The molecular weight excluding hydrogens is 182 g/mol. The highest BCUT2D eigenvalue weighted by molar-refractivity contribution is 7.98. The molecule has 0 saturated heterocycles. The van der Waals surface area contributed by atoms with Crippen LogP contribution < -0.4 is 0 Å². The number of rotatable bonds is 1. The minimum absolute atomic E-state index is 0.962. The van der Waals surface area contributed by atoms with Crippen molar-refractivity contribution < 1.29 is 0 Å². The first kappa shape index (κ1) is 8.56. The maximum atomic E-state index is 4.44. The van der Waals surface area contributed by atoms with E-state index in [1.807, 2.05) is 36.9 Å². The van der Waals surface area contributed by atoms with Crippen LogP contribution in [0.5, 0.6) is 0 Å². The molecule has 0 saturated carbocycles. The summed E-state index contributed by atoms with van der Waals surface area (Å²) in [6, 6.07) is 4.00. The highest BCUT2D eigenvalue weighted by Crippen LogP contribution is 2.19. The van der Waals surface area contributed by atoms with Gasteiger partial charge in [0.2, 0.25) is 0 Å². The molecule has 0 N–H and O–H groups in total. The lowest BCUT2D eigenvalue weighted by atomic mass is 10.3. The molecule has 0 radical (unpaired) electrons. The molecule has 0 unspecified atom stereocenters. The van der Waals surface area contributed by atoms with Crippen LogP contribution in [-0.4, -0.2) is 20.8 Å². The van der Waals surface area contributed by atoms with E-state index < -0.39 is 0 Å². The molecule has 0 bridgehead atoms.